The summed E-state index contributed by atoms with van der Waals surface area (Å²) < 4.78 is 0. The monoisotopic (exact) mass is 525 g/mol. The lowest BCUT2D eigenvalue weighted by Gasteiger charge is -2.34. The number of piperazine rings is 1. The number of nitrogens with zero attached hydrogens (tertiary/aromatic N) is 5. The van der Waals surface area contributed by atoms with Crippen molar-refractivity contribution in [1.29, 1.82) is 0 Å². The summed E-state index contributed by atoms with van der Waals surface area (Å²) in [5, 5.41) is 17.2. The van der Waals surface area contributed by atoms with E-state index in [9.17, 15) is 9.90 Å². The van der Waals surface area contributed by atoms with Gasteiger partial charge in [-0.15, -0.1) is 6.58 Å². The van der Waals surface area contributed by atoms with Gasteiger partial charge in [-0.25, -0.2) is 9.97 Å². The predicted octanol–water partition coefficient (Wildman–Crippen LogP) is 4.58. The highest BCUT2D eigenvalue weighted by Gasteiger charge is 2.33. The summed E-state index contributed by atoms with van der Waals surface area (Å²) in [5.74, 6) is 0.960. The second-order valence-corrected chi connectivity index (χ2v) is 10.3. The summed E-state index contributed by atoms with van der Waals surface area (Å²) >= 11 is 0. The second kappa shape index (κ2) is 11.3. The van der Waals surface area contributed by atoms with Gasteiger partial charge in [0.1, 0.15) is 17.2 Å². The Bertz CT molecular complexity index is 1380. The minimum atomic E-state index is -0.978. The molecule has 0 radical (unpaired) electrons. The molecule has 1 aromatic carbocycles. The van der Waals surface area contributed by atoms with Gasteiger partial charge in [-0.1, -0.05) is 18.2 Å². The molecular weight excluding hydrogens is 490 g/mol. The van der Waals surface area contributed by atoms with E-state index in [0.29, 0.717) is 41.7 Å². The zero-order valence-electron chi connectivity index (χ0n) is 22.5. The lowest BCUT2D eigenvalue weighted by molar-refractivity contribution is 0.0555. The van der Waals surface area contributed by atoms with Crippen LogP contribution in [0.4, 0.5) is 29.0 Å². The molecule has 0 amide bonds. The van der Waals surface area contributed by atoms with Gasteiger partial charge in [-0.3, -0.25) is 4.79 Å². The SMILES string of the molecule is C=CC/C=C/C(=O)c1cnc(Nc2ccc(N3CCN(C)CC3)cc2)nc1Nc1ccc2c(n1)[C@@](C)(O)CC2. The van der Waals surface area contributed by atoms with E-state index in [2.05, 4.69) is 61.1 Å². The molecule has 0 spiro atoms. The first kappa shape index (κ1) is 26.5. The summed E-state index contributed by atoms with van der Waals surface area (Å²) in [7, 11) is 2.15. The average Bonchev–Trinajstić information content (AvgIpc) is 3.23. The molecule has 2 aliphatic rings. The molecule has 2 aromatic heterocycles. The van der Waals surface area contributed by atoms with Crippen LogP contribution in [0.2, 0.25) is 0 Å². The largest absolute Gasteiger partial charge is 0.384 e. The highest BCUT2D eigenvalue weighted by molar-refractivity contribution is 6.08. The number of carbonyl (C=O) groups is 1. The second-order valence-electron chi connectivity index (χ2n) is 10.3. The molecule has 3 aromatic rings. The summed E-state index contributed by atoms with van der Waals surface area (Å²) in [5.41, 5.74) is 3.05. The van der Waals surface area contributed by atoms with E-state index in [1.807, 2.05) is 24.3 Å². The van der Waals surface area contributed by atoms with Crippen molar-refractivity contribution in [1.82, 2.24) is 19.9 Å². The molecule has 0 unspecified atom stereocenters. The Morgan fingerprint density at radius 1 is 1.10 bits per heavy atom. The number of likely N-dealkylation sites (N-methyl/N-ethyl adjacent to an activating group) is 1. The number of hydrogen-bond acceptors (Lipinski definition) is 9. The van der Waals surface area contributed by atoms with Crippen molar-refractivity contribution in [2.75, 3.05) is 48.8 Å². The maximum Gasteiger partial charge on any atom is 0.229 e. The zero-order valence-corrected chi connectivity index (χ0v) is 22.5. The first-order valence-corrected chi connectivity index (χ1v) is 13.3. The number of anilines is 5. The molecule has 9 heteroatoms. The van der Waals surface area contributed by atoms with Gasteiger partial charge in [0.15, 0.2) is 5.78 Å². The van der Waals surface area contributed by atoms with Gasteiger partial charge in [-0.05, 0) is 75.2 Å². The van der Waals surface area contributed by atoms with Crippen molar-refractivity contribution in [3.8, 4) is 0 Å². The maximum atomic E-state index is 13.0. The van der Waals surface area contributed by atoms with E-state index in [1.165, 1.54) is 18.0 Å². The summed E-state index contributed by atoms with van der Waals surface area (Å²) in [4.78, 5) is 31.4. The standard InChI is InChI=1S/C30H35N7O2/c1-4-5-6-7-25(38)24-20-31-29(32-22-9-11-23(12-10-22)37-18-16-36(3)17-19-37)35-28(24)34-26-13-8-21-14-15-30(2,39)27(21)33-26/h4,6-13,20,39H,1,5,14-19H2,2-3H3,(H2,31,32,33,34,35)/b7-6+/t30-/m0/s1. The van der Waals surface area contributed by atoms with Crippen molar-refractivity contribution in [3.63, 3.8) is 0 Å². The fraction of sp³-hybridized carbons (Fsp3) is 0.333. The maximum absolute atomic E-state index is 13.0. The lowest BCUT2D eigenvalue weighted by Crippen LogP contribution is -2.44. The number of fused-ring (bicyclic) bond motifs is 1. The van der Waals surface area contributed by atoms with Crippen molar-refractivity contribution in [2.24, 2.45) is 0 Å². The Kier molecular flexibility index (Phi) is 7.72. The van der Waals surface area contributed by atoms with Gasteiger partial charge in [0.05, 0.1) is 11.3 Å². The number of allylic oxidation sites excluding steroid dienone is 3. The van der Waals surface area contributed by atoms with Gasteiger partial charge >= 0.3 is 0 Å². The number of hydrogen-bond donors (Lipinski definition) is 3. The first-order chi connectivity index (χ1) is 18.8. The molecule has 39 heavy (non-hydrogen) atoms. The molecule has 3 N–H and O–H groups in total. The number of pyridine rings is 1. The number of rotatable bonds is 9. The van der Waals surface area contributed by atoms with E-state index in [0.717, 1.165) is 43.9 Å². The lowest BCUT2D eigenvalue weighted by atomic mass is 10.0. The van der Waals surface area contributed by atoms with Crippen LogP contribution in [0.3, 0.4) is 0 Å². The normalized spacial score (nSPS) is 19.2. The number of benzene rings is 1. The fourth-order valence-corrected chi connectivity index (χ4v) is 4.87. The van der Waals surface area contributed by atoms with E-state index >= 15 is 0 Å². The van der Waals surface area contributed by atoms with E-state index in [-0.39, 0.29) is 5.78 Å². The van der Waals surface area contributed by atoms with Crippen LogP contribution >= 0.6 is 0 Å². The molecule has 0 bridgehead atoms. The molecule has 1 atom stereocenters. The smallest absolute Gasteiger partial charge is 0.229 e. The van der Waals surface area contributed by atoms with Gasteiger partial charge in [0.25, 0.3) is 0 Å². The topological polar surface area (TPSA) is 107 Å². The van der Waals surface area contributed by atoms with Gasteiger partial charge in [-0.2, -0.15) is 4.98 Å². The van der Waals surface area contributed by atoms with Crippen molar-refractivity contribution < 1.29 is 9.90 Å². The minimum Gasteiger partial charge on any atom is -0.384 e. The third kappa shape index (κ3) is 6.16. The van der Waals surface area contributed by atoms with Crippen molar-refractivity contribution in [3.05, 3.63) is 84.2 Å². The average molecular weight is 526 g/mol. The van der Waals surface area contributed by atoms with E-state index in [4.69, 9.17) is 0 Å². The Morgan fingerprint density at radius 3 is 2.62 bits per heavy atom. The Morgan fingerprint density at radius 2 is 1.87 bits per heavy atom. The van der Waals surface area contributed by atoms with Gasteiger partial charge in [0, 0.05) is 43.8 Å². The van der Waals surface area contributed by atoms with Crippen LogP contribution in [-0.2, 0) is 12.0 Å². The van der Waals surface area contributed by atoms with Gasteiger partial charge in [0.2, 0.25) is 5.95 Å². The number of aliphatic hydroxyl groups is 1. The quantitative estimate of drug-likeness (QED) is 0.210. The highest BCUT2D eigenvalue weighted by atomic mass is 16.3. The molecule has 3 heterocycles. The Labute approximate surface area is 229 Å². The van der Waals surface area contributed by atoms with Crippen LogP contribution in [0.1, 0.15) is 41.4 Å². The van der Waals surface area contributed by atoms with E-state index in [1.54, 1.807) is 19.1 Å². The molecule has 1 saturated heterocycles. The molecule has 202 valence electrons. The molecule has 0 saturated carbocycles. The van der Waals surface area contributed by atoms with Crippen LogP contribution < -0.4 is 15.5 Å². The number of nitrogens with one attached hydrogen (secondary N) is 2. The predicted molar refractivity (Wildman–Crippen MR) is 155 cm³/mol. The first-order valence-electron chi connectivity index (χ1n) is 13.3. The molecular formula is C30H35N7O2. The van der Waals surface area contributed by atoms with Crippen LogP contribution in [-0.4, -0.2) is 64.0 Å². The number of ketones is 1. The zero-order chi connectivity index (χ0) is 27.4. The highest BCUT2D eigenvalue weighted by Crippen LogP contribution is 2.36. The van der Waals surface area contributed by atoms with Gasteiger partial charge < -0.3 is 25.5 Å². The van der Waals surface area contributed by atoms with E-state index < -0.39 is 5.60 Å². The third-order valence-electron chi connectivity index (χ3n) is 7.23. The van der Waals surface area contributed by atoms with Crippen molar-refractivity contribution >= 4 is 34.7 Å². The number of aryl methyl sites for hydroxylation is 1. The molecule has 1 fully saturated rings. The molecule has 1 aliphatic carbocycles. The third-order valence-corrected chi connectivity index (χ3v) is 7.23. The Balaban J connectivity index is 1.39. The number of aromatic nitrogens is 3. The Hall–Kier alpha value is -4.08. The van der Waals surface area contributed by atoms with Crippen LogP contribution in [0, 0.1) is 0 Å². The van der Waals surface area contributed by atoms with Crippen LogP contribution in [0.25, 0.3) is 0 Å². The summed E-state index contributed by atoms with van der Waals surface area (Å²) in [6.45, 7) is 9.57. The van der Waals surface area contributed by atoms with Crippen LogP contribution in [0.5, 0.6) is 0 Å². The molecule has 9 nitrogen and oxygen atoms in total. The minimum absolute atomic E-state index is 0.226. The molecule has 1 aliphatic heterocycles. The van der Waals surface area contributed by atoms with Crippen LogP contribution in [0.15, 0.2) is 67.4 Å². The fourth-order valence-electron chi connectivity index (χ4n) is 4.87. The summed E-state index contributed by atoms with van der Waals surface area (Å²) in [6, 6.07) is 12.0. The number of carbonyl (C=O) groups excluding carboxylic acids is 1. The molecule has 5 rings (SSSR count). The van der Waals surface area contributed by atoms with Crippen molar-refractivity contribution in [2.45, 2.75) is 31.8 Å². The summed E-state index contributed by atoms with van der Waals surface area (Å²) in [6.07, 6.45) is 8.48.